The number of piperidine rings is 2. The number of sulfonamides is 1. The number of amides is 1. The normalized spacial score (nSPS) is 30.8. The Balaban J connectivity index is 2.01. The van der Waals surface area contributed by atoms with E-state index in [0.717, 1.165) is 6.42 Å². The van der Waals surface area contributed by atoms with Gasteiger partial charge in [-0.25, -0.2) is 12.7 Å². The van der Waals surface area contributed by atoms with Gasteiger partial charge in [-0.3, -0.25) is 4.79 Å². The Hall–Kier alpha value is -0.660. The Morgan fingerprint density at radius 3 is 2.88 bits per heavy atom. The highest BCUT2D eigenvalue weighted by Gasteiger charge is 2.37. The molecule has 0 bridgehead atoms. The smallest absolute Gasteiger partial charge is 0.220 e. The molecule has 2 unspecified atom stereocenters. The molecule has 2 saturated heterocycles. The second kappa shape index (κ2) is 4.91. The Labute approximate surface area is 101 Å². The average Bonchev–Trinajstić information content (AvgIpc) is 2.28. The molecule has 0 aromatic rings. The first-order valence-electron chi connectivity index (χ1n) is 5.91. The molecule has 7 heteroatoms. The van der Waals surface area contributed by atoms with Crippen molar-refractivity contribution in [1.82, 2.24) is 9.62 Å². The minimum absolute atomic E-state index is 0.0675. The highest BCUT2D eigenvalue weighted by Crippen LogP contribution is 2.26. The molecule has 0 spiro atoms. The maximum Gasteiger partial charge on any atom is 0.220 e. The number of hydrogen-bond acceptors (Lipinski definition) is 4. The highest BCUT2D eigenvalue weighted by molar-refractivity contribution is 7.89. The van der Waals surface area contributed by atoms with Gasteiger partial charge in [-0.15, -0.1) is 0 Å². The number of hydrogen-bond donors (Lipinski definition) is 2. The Morgan fingerprint density at radius 2 is 2.18 bits per heavy atom. The van der Waals surface area contributed by atoms with E-state index in [-0.39, 0.29) is 30.2 Å². The molecule has 17 heavy (non-hydrogen) atoms. The summed E-state index contributed by atoms with van der Waals surface area (Å²) in [5, 5.41) is 11.6. The van der Waals surface area contributed by atoms with Gasteiger partial charge in [0.15, 0.2) is 0 Å². The molecule has 2 atom stereocenters. The summed E-state index contributed by atoms with van der Waals surface area (Å²) >= 11 is 0. The van der Waals surface area contributed by atoms with Crippen LogP contribution in [0.1, 0.15) is 19.3 Å². The van der Waals surface area contributed by atoms with Crippen LogP contribution in [0, 0.1) is 5.92 Å². The van der Waals surface area contributed by atoms with Crippen molar-refractivity contribution < 1.29 is 18.3 Å². The third-order valence-electron chi connectivity index (χ3n) is 3.53. The van der Waals surface area contributed by atoms with Crippen molar-refractivity contribution in [2.45, 2.75) is 25.3 Å². The topological polar surface area (TPSA) is 86.7 Å². The summed E-state index contributed by atoms with van der Waals surface area (Å²) in [6.45, 7) is 0.556. The van der Waals surface area contributed by atoms with Crippen molar-refractivity contribution in [3.05, 3.63) is 0 Å². The van der Waals surface area contributed by atoms with Gasteiger partial charge < -0.3 is 10.4 Å². The molecule has 1 amide bonds. The van der Waals surface area contributed by atoms with E-state index in [1.54, 1.807) is 0 Å². The first-order valence-corrected chi connectivity index (χ1v) is 7.52. The van der Waals surface area contributed by atoms with Crippen LogP contribution in [-0.2, 0) is 14.8 Å². The average molecular weight is 262 g/mol. The van der Waals surface area contributed by atoms with Crippen molar-refractivity contribution in [2.75, 3.05) is 25.4 Å². The number of nitrogens with one attached hydrogen (secondary N) is 1. The van der Waals surface area contributed by atoms with Crippen molar-refractivity contribution in [3.63, 3.8) is 0 Å². The van der Waals surface area contributed by atoms with Gasteiger partial charge in [0.05, 0.1) is 12.4 Å². The number of aliphatic hydroxyl groups is 1. The molecule has 2 N–H and O–H groups in total. The summed E-state index contributed by atoms with van der Waals surface area (Å²) in [4.78, 5) is 11.2. The van der Waals surface area contributed by atoms with Gasteiger partial charge >= 0.3 is 0 Å². The minimum atomic E-state index is -3.33. The standard InChI is InChI=1S/C10H18N2O4S/c13-5-6-17(15,16)12-4-3-9-8(7-12)1-2-10(14)11-9/h8-9,13H,1-7H2,(H,11,14). The second-order valence-corrected chi connectivity index (χ2v) is 6.75. The van der Waals surface area contributed by atoms with Crippen LogP contribution in [0.2, 0.25) is 0 Å². The monoisotopic (exact) mass is 262 g/mol. The van der Waals surface area contributed by atoms with Gasteiger partial charge in [0.1, 0.15) is 0 Å². The zero-order valence-electron chi connectivity index (χ0n) is 9.63. The first kappa shape index (κ1) is 12.8. The lowest BCUT2D eigenvalue weighted by molar-refractivity contribution is -0.124. The van der Waals surface area contributed by atoms with Gasteiger partial charge in [-0.2, -0.15) is 0 Å². The highest BCUT2D eigenvalue weighted by atomic mass is 32.2. The van der Waals surface area contributed by atoms with Crippen LogP contribution in [-0.4, -0.2) is 55.2 Å². The summed E-state index contributed by atoms with van der Waals surface area (Å²) < 4.78 is 25.1. The Bertz CT molecular complexity index is 395. The molecular formula is C10H18N2O4S. The van der Waals surface area contributed by atoms with Crippen LogP contribution in [0.5, 0.6) is 0 Å². The molecule has 2 aliphatic heterocycles. The summed E-state index contributed by atoms with van der Waals surface area (Å²) in [5.41, 5.74) is 0. The number of fused-ring (bicyclic) bond motifs is 1. The van der Waals surface area contributed by atoms with E-state index in [9.17, 15) is 13.2 Å². The predicted octanol–water partition coefficient (Wildman–Crippen LogP) is -1.09. The summed E-state index contributed by atoms with van der Waals surface area (Å²) in [5.74, 6) is 0.0735. The number of nitrogens with zero attached hydrogens (tertiary/aromatic N) is 1. The largest absolute Gasteiger partial charge is 0.395 e. The molecule has 0 radical (unpaired) electrons. The molecule has 6 nitrogen and oxygen atoms in total. The maximum atomic E-state index is 11.8. The fourth-order valence-corrected chi connectivity index (χ4v) is 3.87. The van der Waals surface area contributed by atoms with Crippen molar-refractivity contribution >= 4 is 15.9 Å². The molecule has 2 fully saturated rings. The number of carbonyl (C=O) groups is 1. The zero-order valence-corrected chi connectivity index (χ0v) is 10.4. The fraction of sp³-hybridized carbons (Fsp3) is 0.900. The van der Waals surface area contributed by atoms with Crippen LogP contribution in [0.3, 0.4) is 0 Å². The van der Waals surface area contributed by atoms with Crippen LogP contribution in [0.4, 0.5) is 0 Å². The number of aliphatic hydroxyl groups excluding tert-OH is 1. The van der Waals surface area contributed by atoms with E-state index in [0.29, 0.717) is 25.9 Å². The quantitative estimate of drug-likeness (QED) is 0.676. The van der Waals surface area contributed by atoms with E-state index in [1.807, 2.05) is 0 Å². The summed E-state index contributed by atoms with van der Waals surface area (Å²) in [7, 11) is -3.33. The summed E-state index contributed by atoms with van der Waals surface area (Å²) in [6.07, 6.45) is 1.90. The van der Waals surface area contributed by atoms with Gasteiger partial charge in [0.25, 0.3) is 0 Å². The summed E-state index contributed by atoms with van der Waals surface area (Å²) in [6, 6.07) is 0.122. The van der Waals surface area contributed by atoms with E-state index in [2.05, 4.69) is 5.32 Å². The lowest BCUT2D eigenvalue weighted by Gasteiger charge is -2.40. The van der Waals surface area contributed by atoms with E-state index in [4.69, 9.17) is 5.11 Å². The molecule has 2 aliphatic rings. The first-order chi connectivity index (χ1) is 8.03. The third-order valence-corrected chi connectivity index (χ3v) is 5.34. The molecule has 0 aromatic heterocycles. The Kier molecular flexibility index (Phi) is 3.70. The number of carbonyl (C=O) groups excluding carboxylic acids is 1. The third kappa shape index (κ3) is 2.78. The second-order valence-electron chi connectivity index (χ2n) is 4.66. The van der Waals surface area contributed by atoms with Gasteiger partial charge in [0.2, 0.25) is 15.9 Å². The number of rotatable bonds is 3. The van der Waals surface area contributed by atoms with Crippen LogP contribution in [0.15, 0.2) is 0 Å². The van der Waals surface area contributed by atoms with Gasteiger partial charge in [0, 0.05) is 25.6 Å². The Morgan fingerprint density at radius 1 is 1.41 bits per heavy atom. The van der Waals surface area contributed by atoms with Crippen molar-refractivity contribution in [1.29, 1.82) is 0 Å². The maximum absolute atomic E-state index is 11.8. The van der Waals surface area contributed by atoms with Gasteiger partial charge in [-0.1, -0.05) is 0 Å². The molecule has 2 heterocycles. The predicted molar refractivity (Wildman–Crippen MR) is 61.7 cm³/mol. The molecule has 0 aliphatic carbocycles. The zero-order chi connectivity index (χ0) is 12.5. The van der Waals surface area contributed by atoms with E-state index >= 15 is 0 Å². The van der Waals surface area contributed by atoms with Crippen LogP contribution >= 0.6 is 0 Å². The van der Waals surface area contributed by atoms with Crippen LogP contribution < -0.4 is 5.32 Å². The lowest BCUT2D eigenvalue weighted by Crippen LogP contribution is -2.55. The SMILES string of the molecule is O=C1CCC2CN(S(=O)(=O)CCO)CCC2N1. The fourth-order valence-electron chi connectivity index (χ4n) is 2.57. The lowest BCUT2D eigenvalue weighted by atomic mass is 9.86. The van der Waals surface area contributed by atoms with Gasteiger partial charge in [-0.05, 0) is 18.8 Å². The molecule has 0 aromatic carbocycles. The minimum Gasteiger partial charge on any atom is -0.395 e. The molecular weight excluding hydrogens is 244 g/mol. The molecule has 0 saturated carbocycles. The van der Waals surface area contributed by atoms with Crippen molar-refractivity contribution in [3.8, 4) is 0 Å². The van der Waals surface area contributed by atoms with E-state index < -0.39 is 10.0 Å². The van der Waals surface area contributed by atoms with Crippen molar-refractivity contribution in [2.24, 2.45) is 5.92 Å². The van der Waals surface area contributed by atoms with E-state index in [1.165, 1.54) is 4.31 Å². The van der Waals surface area contributed by atoms with Crippen LogP contribution in [0.25, 0.3) is 0 Å². The molecule has 2 rings (SSSR count). The molecule has 98 valence electrons.